The van der Waals surface area contributed by atoms with E-state index >= 15 is 0 Å². The summed E-state index contributed by atoms with van der Waals surface area (Å²) in [7, 11) is 0. The minimum absolute atomic E-state index is 0.0990. The number of benzene rings is 1. The van der Waals surface area contributed by atoms with Crippen molar-refractivity contribution in [2.24, 2.45) is 0 Å². The standard InChI is InChI=1S/C12H12FNO/c1-4-7-5-8-10(6-9(7)13)14-11(15)12(8,2)3/h4-6H,1H2,2-3H3,(H,14,15). The number of rotatable bonds is 1. The number of halogens is 1. The molecule has 1 heterocycles. The average molecular weight is 205 g/mol. The normalized spacial score (nSPS) is 17.1. The maximum absolute atomic E-state index is 13.4. The molecule has 0 unspecified atom stereocenters. The number of fused-ring (bicyclic) bond motifs is 1. The van der Waals surface area contributed by atoms with Gasteiger partial charge < -0.3 is 5.32 Å². The van der Waals surface area contributed by atoms with Crippen molar-refractivity contribution in [2.45, 2.75) is 19.3 Å². The molecule has 1 aliphatic heterocycles. The second-order valence-corrected chi connectivity index (χ2v) is 4.20. The summed E-state index contributed by atoms with van der Waals surface area (Å²) >= 11 is 0. The number of hydrogen-bond donors (Lipinski definition) is 1. The van der Waals surface area contributed by atoms with Crippen LogP contribution < -0.4 is 5.32 Å². The van der Waals surface area contributed by atoms with Crippen molar-refractivity contribution in [3.05, 3.63) is 35.7 Å². The monoisotopic (exact) mass is 205 g/mol. The van der Waals surface area contributed by atoms with Crippen LogP contribution in [0.5, 0.6) is 0 Å². The number of anilines is 1. The Hall–Kier alpha value is -1.64. The molecule has 0 fully saturated rings. The lowest BCUT2D eigenvalue weighted by Crippen LogP contribution is -2.26. The predicted molar refractivity (Wildman–Crippen MR) is 58.1 cm³/mol. The van der Waals surface area contributed by atoms with Crippen LogP contribution in [-0.4, -0.2) is 5.91 Å². The van der Waals surface area contributed by atoms with Crippen LogP contribution in [0.2, 0.25) is 0 Å². The van der Waals surface area contributed by atoms with E-state index in [0.717, 1.165) is 5.56 Å². The molecule has 0 aromatic heterocycles. The van der Waals surface area contributed by atoms with E-state index in [0.29, 0.717) is 11.3 Å². The molecule has 0 aliphatic carbocycles. The fourth-order valence-corrected chi connectivity index (χ4v) is 1.77. The van der Waals surface area contributed by atoms with Crippen LogP contribution in [0.4, 0.5) is 10.1 Å². The Balaban J connectivity index is 2.67. The van der Waals surface area contributed by atoms with Gasteiger partial charge in [0.2, 0.25) is 5.91 Å². The molecule has 0 bridgehead atoms. The summed E-state index contributed by atoms with van der Waals surface area (Å²) in [5.41, 5.74) is 1.22. The van der Waals surface area contributed by atoms with Crippen LogP contribution in [0.15, 0.2) is 18.7 Å². The first-order chi connectivity index (χ1) is 6.96. The molecule has 1 aromatic carbocycles. The van der Waals surface area contributed by atoms with Crippen LogP contribution >= 0.6 is 0 Å². The van der Waals surface area contributed by atoms with Crippen molar-refractivity contribution in [1.29, 1.82) is 0 Å². The first kappa shape index (κ1) is 9.90. The van der Waals surface area contributed by atoms with E-state index in [1.165, 1.54) is 12.1 Å². The number of hydrogen-bond acceptors (Lipinski definition) is 1. The predicted octanol–water partition coefficient (Wildman–Crippen LogP) is 2.70. The molecule has 0 atom stereocenters. The fraction of sp³-hybridized carbons (Fsp3) is 0.250. The summed E-state index contributed by atoms with van der Waals surface area (Å²) in [6.45, 7) is 7.18. The van der Waals surface area contributed by atoms with Crippen molar-refractivity contribution in [2.75, 3.05) is 5.32 Å². The highest BCUT2D eigenvalue weighted by Crippen LogP contribution is 2.38. The molecule has 15 heavy (non-hydrogen) atoms. The second-order valence-electron chi connectivity index (χ2n) is 4.20. The Labute approximate surface area is 87.8 Å². The summed E-state index contributed by atoms with van der Waals surface area (Å²) in [5, 5.41) is 2.67. The van der Waals surface area contributed by atoms with E-state index in [2.05, 4.69) is 11.9 Å². The van der Waals surface area contributed by atoms with Crippen molar-refractivity contribution in [1.82, 2.24) is 0 Å². The molecule has 1 aromatic rings. The van der Waals surface area contributed by atoms with Gasteiger partial charge in [-0.3, -0.25) is 4.79 Å². The van der Waals surface area contributed by atoms with Gasteiger partial charge in [-0.2, -0.15) is 0 Å². The third kappa shape index (κ3) is 1.27. The van der Waals surface area contributed by atoms with E-state index in [-0.39, 0.29) is 11.7 Å². The zero-order valence-corrected chi connectivity index (χ0v) is 8.73. The van der Waals surface area contributed by atoms with Gasteiger partial charge in [0.1, 0.15) is 5.82 Å². The molecule has 2 rings (SSSR count). The van der Waals surface area contributed by atoms with Crippen LogP contribution in [0.25, 0.3) is 6.08 Å². The van der Waals surface area contributed by atoms with E-state index in [4.69, 9.17) is 0 Å². The fourth-order valence-electron chi connectivity index (χ4n) is 1.77. The third-order valence-electron chi connectivity index (χ3n) is 2.85. The number of nitrogens with one attached hydrogen (secondary N) is 1. The molecular weight excluding hydrogens is 193 g/mol. The van der Waals surface area contributed by atoms with Gasteiger partial charge in [-0.25, -0.2) is 4.39 Å². The minimum atomic E-state index is -0.596. The summed E-state index contributed by atoms with van der Waals surface area (Å²) in [5.74, 6) is -0.458. The van der Waals surface area contributed by atoms with Crippen molar-refractivity contribution in [3.8, 4) is 0 Å². The SMILES string of the molecule is C=Cc1cc2c(cc1F)NC(=O)C2(C)C. The number of carbonyl (C=O) groups excluding carboxylic acids is 1. The van der Waals surface area contributed by atoms with Gasteiger partial charge in [-0.15, -0.1) is 0 Å². The molecule has 78 valence electrons. The molecule has 2 nitrogen and oxygen atoms in total. The molecule has 1 aliphatic rings. The Morgan fingerprint density at radius 3 is 2.73 bits per heavy atom. The maximum Gasteiger partial charge on any atom is 0.234 e. The van der Waals surface area contributed by atoms with Gasteiger partial charge in [-0.1, -0.05) is 12.7 Å². The summed E-state index contributed by atoms with van der Waals surface area (Å²) < 4.78 is 13.4. The van der Waals surface area contributed by atoms with E-state index in [1.54, 1.807) is 6.07 Å². The number of amides is 1. The molecule has 1 N–H and O–H groups in total. The van der Waals surface area contributed by atoms with Gasteiger partial charge in [0.25, 0.3) is 0 Å². The van der Waals surface area contributed by atoms with Crippen molar-refractivity contribution >= 4 is 17.7 Å². The second kappa shape index (κ2) is 2.92. The third-order valence-corrected chi connectivity index (χ3v) is 2.85. The van der Waals surface area contributed by atoms with E-state index < -0.39 is 5.41 Å². The van der Waals surface area contributed by atoms with Gasteiger partial charge in [-0.05, 0) is 31.5 Å². The van der Waals surface area contributed by atoms with Crippen LogP contribution in [0, 0.1) is 5.82 Å². The highest BCUT2D eigenvalue weighted by Gasteiger charge is 2.38. The molecular formula is C12H12FNO. The largest absolute Gasteiger partial charge is 0.325 e. The lowest BCUT2D eigenvalue weighted by molar-refractivity contribution is -0.119. The lowest BCUT2D eigenvalue weighted by atomic mass is 9.85. The summed E-state index contributed by atoms with van der Waals surface area (Å²) in [6, 6.07) is 3.02. The first-order valence-electron chi connectivity index (χ1n) is 4.74. The van der Waals surface area contributed by atoms with Gasteiger partial charge in [0.15, 0.2) is 0 Å². The molecule has 0 radical (unpaired) electrons. The molecule has 0 saturated heterocycles. The van der Waals surface area contributed by atoms with Crippen molar-refractivity contribution in [3.63, 3.8) is 0 Å². The molecule has 3 heteroatoms. The van der Waals surface area contributed by atoms with Crippen LogP contribution in [0.3, 0.4) is 0 Å². The smallest absolute Gasteiger partial charge is 0.234 e. The van der Waals surface area contributed by atoms with Gasteiger partial charge >= 0.3 is 0 Å². The molecule has 0 saturated carbocycles. The highest BCUT2D eigenvalue weighted by atomic mass is 19.1. The molecule has 0 spiro atoms. The van der Waals surface area contributed by atoms with E-state index in [1.807, 2.05) is 13.8 Å². The summed E-state index contributed by atoms with van der Waals surface area (Å²) in [6.07, 6.45) is 1.45. The van der Waals surface area contributed by atoms with Gasteiger partial charge in [0.05, 0.1) is 5.41 Å². The van der Waals surface area contributed by atoms with Crippen LogP contribution in [-0.2, 0) is 10.2 Å². The minimum Gasteiger partial charge on any atom is -0.325 e. The highest BCUT2D eigenvalue weighted by molar-refractivity contribution is 6.05. The maximum atomic E-state index is 13.4. The zero-order chi connectivity index (χ0) is 11.2. The topological polar surface area (TPSA) is 29.1 Å². The summed E-state index contributed by atoms with van der Waals surface area (Å²) in [4.78, 5) is 11.6. The van der Waals surface area contributed by atoms with Gasteiger partial charge in [0, 0.05) is 11.3 Å². The average Bonchev–Trinajstić information content (AvgIpc) is 2.37. The van der Waals surface area contributed by atoms with E-state index in [9.17, 15) is 9.18 Å². The quantitative estimate of drug-likeness (QED) is 0.750. The Morgan fingerprint density at radius 1 is 1.47 bits per heavy atom. The number of carbonyl (C=O) groups is 1. The molecule has 1 amide bonds. The van der Waals surface area contributed by atoms with Crippen LogP contribution in [0.1, 0.15) is 25.0 Å². The zero-order valence-electron chi connectivity index (χ0n) is 8.73. The Kier molecular flexibility index (Phi) is 1.93. The Morgan fingerprint density at radius 2 is 2.13 bits per heavy atom. The lowest BCUT2D eigenvalue weighted by Gasteiger charge is -2.15. The van der Waals surface area contributed by atoms with Crippen molar-refractivity contribution < 1.29 is 9.18 Å². The Bertz CT molecular complexity index is 463. The first-order valence-corrected chi connectivity index (χ1v) is 4.74.